The lowest BCUT2D eigenvalue weighted by atomic mass is 10.3. The molecule has 0 amide bonds. The van der Waals surface area contributed by atoms with Crippen LogP contribution in [0.15, 0.2) is 24.4 Å². The third-order valence-corrected chi connectivity index (χ3v) is 2.85. The van der Waals surface area contributed by atoms with E-state index in [9.17, 15) is 4.79 Å². The second-order valence-corrected chi connectivity index (χ2v) is 4.12. The van der Waals surface area contributed by atoms with Crippen molar-refractivity contribution in [2.75, 3.05) is 12.9 Å². The minimum Gasteiger partial charge on any atom is -0.469 e. The van der Waals surface area contributed by atoms with E-state index in [2.05, 4.69) is 9.72 Å². The number of carbonyl (C=O) groups is 1. The van der Waals surface area contributed by atoms with Gasteiger partial charge in [0.25, 0.3) is 0 Å². The van der Waals surface area contributed by atoms with Crippen LogP contribution in [0.1, 0.15) is 17.5 Å². The molecule has 1 aromatic rings. The van der Waals surface area contributed by atoms with Gasteiger partial charge in [0.1, 0.15) is 0 Å². The number of carbonyl (C=O) groups excluding carboxylic acids is 1. The topological polar surface area (TPSA) is 65.2 Å². The van der Waals surface area contributed by atoms with E-state index in [1.807, 2.05) is 18.2 Å². The van der Waals surface area contributed by atoms with Crippen LogP contribution in [-0.2, 0) is 9.53 Å². The number of methoxy groups -OCH3 is 1. The van der Waals surface area contributed by atoms with Gasteiger partial charge < -0.3 is 10.5 Å². The van der Waals surface area contributed by atoms with Crippen LogP contribution in [0.4, 0.5) is 0 Å². The molecule has 4 nitrogen and oxygen atoms in total. The highest BCUT2D eigenvalue weighted by atomic mass is 32.2. The summed E-state index contributed by atoms with van der Waals surface area (Å²) in [6.45, 7) is 0. The van der Waals surface area contributed by atoms with E-state index in [1.54, 1.807) is 6.20 Å². The smallest absolute Gasteiger partial charge is 0.306 e. The van der Waals surface area contributed by atoms with Crippen LogP contribution in [0.5, 0.6) is 0 Å². The predicted octanol–water partition coefficient (Wildman–Crippen LogP) is 1.34. The van der Waals surface area contributed by atoms with Crippen LogP contribution < -0.4 is 5.73 Å². The maximum absolute atomic E-state index is 10.8. The lowest BCUT2D eigenvalue weighted by molar-refractivity contribution is -0.140. The third-order valence-electron chi connectivity index (χ3n) is 1.81. The standard InChI is InChI=1S/C10H14N2O2S/c1-14-9(13)5-7-15-10(11)8-4-2-3-6-12-8/h2-4,6,10H,5,7,11H2,1H3. The molecule has 0 spiro atoms. The summed E-state index contributed by atoms with van der Waals surface area (Å²) in [4.78, 5) is 15.0. The Bertz CT molecular complexity index is 306. The average molecular weight is 226 g/mol. The Balaban J connectivity index is 2.31. The molecule has 5 heteroatoms. The van der Waals surface area contributed by atoms with Gasteiger partial charge in [0.2, 0.25) is 0 Å². The number of hydrogen-bond acceptors (Lipinski definition) is 5. The second-order valence-electron chi connectivity index (χ2n) is 2.87. The van der Waals surface area contributed by atoms with Crippen molar-refractivity contribution in [3.8, 4) is 0 Å². The van der Waals surface area contributed by atoms with Crippen LogP contribution in [0, 0.1) is 0 Å². The van der Waals surface area contributed by atoms with Crippen molar-refractivity contribution in [1.82, 2.24) is 4.98 Å². The molecule has 0 saturated heterocycles. The van der Waals surface area contributed by atoms with Crippen molar-refractivity contribution in [1.29, 1.82) is 0 Å². The van der Waals surface area contributed by atoms with Crippen LogP contribution in [-0.4, -0.2) is 23.8 Å². The fourth-order valence-electron chi connectivity index (χ4n) is 1.00. The first-order chi connectivity index (χ1) is 7.24. The number of aromatic nitrogens is 1. The minimum atomic E-state index is -0.212. The zero-order valence-electron chi connectivity index (χ0n) is 8.55. The molecule has 1 heterocycles. The Kier molecular flexibility index (Phi) is 5.14. The minimum absolute atomic E-state index is 0.184. The molecule has 0 aliphatic heterocycles. The summed E-state index contributed by atoms with van der Waals surface area (Å²) < 4.78 is 4.53. The first-order valence-corrected chi connectivity index (χ1v) is 5.64. The van der Waals surface area contributed by atoms with Crippen molar-refractivity contribution in [2.24, 2.45) is 5.73 Å². The Morgan fingerprint density at radius 1 is 1.67 bits per heavy atom. The quantitative estimate of drug-likeness (QED) is 0.606. The van der Waals surface area contributed by atoms with Crippen LogP contribution >= 0.6 is 11.8 Å². The summed E-state index contributed by atoms with van der Waals surface area (Å²) in [7, 11) is 1.38. The summed E-state index contributed by atoms with van der Waals surface area (Å²) in [6.07, 6.45) is 2.08. The number of hydrogen-bond donors (Lipinski definition) is 1. The molecule has 1 unspecified atom stereocenters. The summed E-state index contributed by atoms with van der Waals surface area (Å²) in [6, 6.07) is 5.61. The molecule has 0 aliphatic carbocycles. The summed E-state index contributed by atoms with van der Waals surface area (Å²) >= 11 is 1.49. The highest BCUT2D eigenvalue weighted by Gasteiger charge is 2.08. The van der Waals surface area contributed by atoms with Gasteiger partial charge in [-0.3, -0.25) is 9.78 Å². The molecular weight excluding hydrogens is 212 g/mol. The first kappa shape index (κ1) is 12.0. The van der Waals surface area contributed by atoms with Crippen molar-refractivity contribution < 1.29 is 9.53 Å². The molecule has 15 heavy (non-hydrogen) atoms. The van der Waals surface area contributed by atoms with E-state index in [1.165, 1.54) is 18.9 Å². The molecule has 0 radical (unpaired) electrons. The van der Waals surface area contributed by atoms with Crippen molar-refractivity contribution in [3.63, 3.8) is 0 Å². The molecule has 0 fully saturated rings. The zero-order valence-corrected chi connectivity index (χ0v) is 9.37. The summed E-state index contributed by atoms with van der Waals surface area (Å²) in [5.41, 5.74) is 6.70. The molecule has 2 N–H and O–H groups in total. The molecule has 82 valence electrons. The third kappa shape index (κ3) is 4.31. The molecule has 0 aromatic carbocycles. The van der Waals surface area contributed by atoms with E-state index in [0.29, 0.717) is 12.2 Å². The molecule has 0 saturated carbocycles. The van der Waals surface area contributed by atoms with Gasteiger partial charge in [-0.05, 0) is 12.1 Å². The first-order valence-electron chi connectivity index (χ1n) is 4.59. The maximum atomic E-state index is 10.8. The molecule has 1 aromatic heterocycles. The molecule has 1 atom stereocenters. The second kappa shape index (κ2) is 6.42. The number of esters is 1. The molecular formula is C10H14N2O2S. The zero-order chi connectivity index (χ0) is 11.1. The summed E-state index contributed by atoms with van der Waals surface area (Å²) in [5, 5.41) is -0.184. The molecule has 0 bridgehead atoms. The normalized spacial score (nSPS) is 12.1. The van der Waals surface area contributed by atoms with E-state index in [-0.39, 0.29) is 11.3 Å². The number of thioether (sulfide) groups is 1. The highest BCUT2D eigenvalue weighted by Crippen LogP contribution is 2.21. The average Bonchev–Trinajstić information content (AvgIpc) is 2.29. The van der Waals surface area contributed by atoms with Crippen LogP contribution in [0.3, 0.4) is 0 Å². The van der Waals surface area contributed by atoms with Gasteiger partial charge in [0, 0.05) is 11.9 Å². The van der Waals surface area contributed by atoms with Gasteiger partial charge in [0.05, 0.1) is 24.6 Å². The SMILES string of the molecule is COC(=O)CCSC(N)c1ccccn1. The monoisotopic (exact) mass is 226 g/mol. The van der Waals surface area contributed by atoms with Crippen molar-refractivity contribution in [2.45, 2.75) is 11.8 Å². The number of nitrogens with two attached hydrogens (primary N) is 1. The molecule has 0 aliphatic rings. The van der Waals surface area contributed by atoms with Gasteiger partial charge in [-0.15, -0.1) is 11.8 Å². The van der Waals surface area contributed by atoms with Gasteiger partial charge >= 0.3 is 5.97 Å². The number of nitrogens with zero attached hydrogens (tertiary/aromatic N) is 1. The Labute approximate surface area is 93.2 Å². The van der Waals surface area contributed by atoms with Crippen molar-refractivity contribution >= 4 is 17.7 Å². The highest BCUT2D eigenvalue weighted by molar-refractivity contribution is 7.99. The Morgan fingerprint density at radius 2 is 2.47 bits per heavy atom. The van der Waals surface area contributed by atoms with Crippen molar-refractivity contribution in [3.05, 3.63) is 30.1 Å². The van der Waals surface area contributed by atoms with Crippen LogP contribution in [0.2, 0.25) is 0 Å². The maximum Gasteiger partial charge on any atom is 0.306 e. The van der Waals surface area contributed by atoms with Gasteiger partial charge in [-0.25, -0.2) is 0 Å². The Morgan fingerprint density at radius 3 is 3.07 bits per heavy atom. The Hall–Kier alpha value is -1.07. The number of pyridine rings is 1. The van der Waals surface area contributed by atoms with E-state index in [4.69, 9.17) is 5.73 Å². The number of ether oxygens (including phenoxy) is 1. The molecule has 1 rings (SSSR count). The van der Waals surface area contributed by atoms with E-state index >= 15 is 0 Å². The fraction of sp³-hybridized carbons (Fsp3) is 0.400. The largest absolute Gasteiger partial charge is 0.469 e. The van der Waals surface area contributed by atoms with E-state index in [0.717, 1.165) is 5.69 Å². The summed E-state index contributed by atoms with van der Waals surface area (Å²) in [5.74, 6) is 0.431. The number of rotatable bonds is 5. The predicted molar refractivity (Wildman–Crippen MR) is 60.3 cm³/mol. The lowest BCUT2D eigenvalue weighted by Gasteiger charge is -2.09. The van der Waals surface area contributed by atoms with Gasteiger partial charge in [-0.2, -0.15) is 0 Å². The van der Waals surface area contributed by atoms with Gasteiger partial charge in [-0.1, -0.05) is 6.07 Å². The van der Waals surface area contributed by atoms with Crippen LogP contribution in [0.25, 0.3) is 0 Å². The fourth-order valence-corrected chi connectivity index (χ4v) is 1.85. The lowest BCUT2D eigenvalue weighted by Crippen LogP contribution is -2.10. The van der Waals surface area contributed by atoms with E-state index < -0.39 is 0 Å². The van der Waals surface area contributed by atoms with Gasteiger partial charge in [0.15, 0.2) is 0 Å².